The third-order valence-corrected chi connectivity index (χ3v) is 3.00. The lowest BCUT2D eigenvalue weighted by molar-refractivity contribution is 0.321. The van der Waals surface area contributed by atoms with Crippen LogP contribution in [-0.4, -0.2) is 18.7 Å². The number of nitrogen functional groups attached to an aromatic ring is 1. The number of nitrogens with zero attached hydrogens (tertiary/aromatic N) is 1. The molecule has 0 aliphatic rings. The molecule has 1 aromatic heterocycles. The summed E-state index contributed by atoms with van der Waals surface area (Å²) < 4.78 is 10.8. The highest BCUT2D eigenvalue weighted by Gasteiger charge is 2.04. The molecular weight excluding hydrogens is 240 g/mol. The van der Waals surface area contributed by atoms with E-state index in [-0.39, 0.29) is 0 Å². The fraction of sp³-hybridized carbons (Fsp3) is 0.267. The van der Waals surface area contributed by atoms with E-state index in [9.17, 15) is 0 Å². The minimum atomic E-state index is 0.572. The molecule has 0 aliphatic heterocycles. The number of rotatable bonds is 5. The number of anilines is 1. The van der Waals surface area contributed by atoms with Crippen LogP contribution in [0.5, 0.6) is 11.5 Å². The number of hydrogen-bond acceptors (Lipinski definition) is 4. The smallest absolute Gasteiger partial charge is 0.126 e. The lowest BCUT2D eigenvalue weighted by Crippen LogP contribution is -2.06. The maximum atomic E-state index is 5.86. The second-order valence-corrected chi connectivity index (χ2v) is 4.27. The first-order valence-electron chi connectivity index (χ1n) is 6.17. The van der Waals surface area contributed by atoms with E-state index >= 15 is 0 Å². The van der Waals surface area contributed by atoms with Crippen LogP contribution in [0.3, 0.4) is 0 Å². The monoisotopic (exact) mass is 258 g/mol. The fourth-order valence-corrected chi connectivity index (χ4v) is 1.88. The van der Waals surface area contributed by atoms with Crippen LogP contribution in [0.1, 0.15) is 11.1 Å². The standard InChI is InChI=1S/C15H18N2O2/c1-11-7-9-17-15(16)14(11)8-10-19-13-5-3-12(18-2)4-6-13/h3-7,9H,8,10H2,1-2H3,(H2,16,17). The van der Waals surface area contributed by atoms with Crippen molar-refractivity contribution in [3.63, 3.8) is 0 Å². The van der Waals surface area contributed by atoms with E-state index in [1.165, 1.54) is 0 Å². The van der Waals surface area contributed by atoms with Crippen LogP contribution in [-0.2, 0) is 6.42 Å². The van der Waals surface area contributed by atoms with Gasteiger partial charge in [0.1, 0.15) is 17.3 Å². The van der Waals surface area contributed by atoms with Crippen LogP contribution >= 0.6 is 0 Å². The molecule has 1 aromatic carbocycles. The van der Waals surface area contributed by atoms with Gasteiger partial charge in [0.05, 0.1) is 13.7 Å². The van der Waals surface area contributed by atoms with Gasteiger partial charge in [-0.25, -0.2) is 4.98 Å². The molecule has 19 heavy (non-hydrogen) atoms. The molecule has 2 rings (SSSR count). The van der Waals surface area contributed by atoms with Crippen molar-refractivity contribution in [1.82, 2.24) is 4.98 Å². The minimum Gasteiger partial charge on any atom is -0.497 e. The molecule has 0 bridgehead atoms. The Morgan fingerprint density at radius 1 is 1.11 bits per heavy atom. The van der Waals surface area contributed by atoms with Crippen LogP contribution in [0.25, 0.3) is 0 Å². The Balaban J connectivity index is 1.92. The van der Waals surface area contributed by atoms with Gasteiger partial charge in [-0.05, 0) is 42.8 Å². The molecule has 0 amide bonds. The van der Waals surface area contributed by atoms with Crippen molar-refractivity contribution in [3.8, 4) is 11.5 Å². The van der Waals surface area contributed by atoms with Gasteiger partial charge in [0.25, 0.3) is 0 Å². The molecule has 0 radical (unpaired) electrons. The summed E-state index contributed by atoms with van der Waals surface area (Å²) in [5, 5.41) is 0. The van der Waals surface area contributed by atoms with Gasteiger partial charge in [0.2, 0.25) is 0 Å². The van der Waals surface area contributed by atoms with Crippen molar-refractivity contribution in [2.75, 3.05) is 19.5 Å². The molecule has 1 heterocycles. The molecule has 100 valence electrons. The van der Waals surface area contributed by atoms with E-state index < -0.39 is 0 Å². The Morgan fingerprint density at radius 3 is 2.42 bits per heavy atom. The number of nitrogens with two attached hydrogens (primary N) is 1. The quantitative estimate of drug-likeness (QED) is 0.895. The molecule has 0 aliphatic carbocycles. The fourth-order valence-electron chi connectivity index (χ4n) is 1.88. The first kappa shape index (κ1) is 13.2. The second-order valence-electron chi connectivity index (χ2n) is 4.27. The SMILES string of the molecule is COc1ccc(OCCc2c(C)ccnc2N)cc1. The van der Waals surface area contributed by atoms with Crippen LogP contribution in [0.15, 0.2) is 36.5 Å². The number of methoxy groups -OCH3 is 1. The summed E-state index contributed by atoms with van der Waals surface area (Å²) >= 11 is 0. The first-order chi connectivity index (χ1) is 9.20. The Labute approximate surface area is 113 Å². The minimum absolute atomic E-state index is 0.572. The Bertz CT molecular complexity index is 518. The lowest BCUT2D eigenvalue weighted by atomic mass is 10.1. The number of ether oxygens (including phenoxy) is 2. The predicted octanol–water partition coefficient (Wildman–Crippen LogP) is 2.60. The molecule has 2 aromatic rings. The average Bonchev–Trinajstić information content (AvgIpc) is 2.43. The number of hydrogen-bond donors (Lipinski definition) is 1. The highest BCUT2D eigenvalue weighted by Crippen LogP contribution is 2.18. The van der Waals surface area contributed by atoms with Crippen LogP contribution < -0.4 is 15.2 Å². The average molecular weight is 258 g/mol. The largest absolute Gasteiger partial charge is 0.497 e. The summed E-state index contributed by atoms with van der Waals surface area (Å²) in [6.45, 7) is 2.60. The van der Waals surface area contributed by atoms with E-state index in [2.05, 4.69) is 4.98 Å². The molecule has 0 saturated heterocycles. The van der Waals surface area contributed by atoms with Gasteiger partial charge < -0.3 is 15.2 Å². The molecule has 0 fully saturated rings. The molecule has 0 spiro atoms. The molecular formula is C15H18N2O2. The molecule has 0 unspecified atom stereocenters. The van der Waals surface area contributed by atoms with Gasteiger partial charge in [-0.1, -0.05) is 0 Å². The molecule has 0 saturated carbocycles. The second kappa shape index (κ2) is 6.09. The topological polar surface area (TPSA) is 57.4 Å². The van der Waals surface area contributed by atoms with E-state index in [1.807, 2.05) is 37.3 Å². The Hall–Kier alpha value is -2.23. The van der Waals surface area contributed by atoms with Crippen molar-refractivity contribution in [3.05, 3.63) is 47.7 Å². The third kappa shape index (κ3) is 3.37. The van der Waals surface area contributed by atoms with E-state index in [1.54, 1.807) is 13.3 Å². The third-order valence-electron chi connectivity index (χ3n) is 3.00. The van der Waals surface area contributed by atoms with Crippen molar-refractivity contribution < 1.29 is 9.47 Å². The zero-order valence-electron chi connectivity index (χ0n) is 11.2. The van der Waals surface area contributed by atoms with Gasteiger partial charge in [-0.3, -0.25) is 0 Å². The highest BCUT2D eigenvalue weighted by molar-refractivity contribution is 5.43. The predicted molar refractivity (Wildman–Crippen MR) is 75.6 cm³/mol. The van der Waals surface area contributed by atoms with Crippen molar-refractivity contribution in [2.45, 2.75) is 13.3 Å². The first-order valence-corrected chi connectivity index (χ1v) is 6.17. The van der Waals surface area contributed by atoms with E-state index in [4.69, 9.17) is 15.2 Å². The number of aromatic nitrogens is 1. The molecule has 4 heteroatoms. The number of pyridine rings is 1. The summed E-state index contributed by atoms with van der Waals surface area (Å²) in [5.74, 6) is 2.22. The van der Waals surface area contributed by atoms with E-state index in [0.29, 0.717) is 12.4 Å². The summed E-state index contributed by atoms with van der Waals surface area (Å²) in [4.78, 5) is 4.09. The van der Waals surface area contributed by atoms with E-state index in [0.717, 1.165) is 29.0 Å². The molecule has 4 nitrogen and oxygen atoms in total. The van der Waals surface area contributed by atoms with Crippen LogP contribution in [0, 0.1) is 6.92 Å². The van der Waals surface area contributed by atoms with Gasteiger partial charge >= 0.3 is 0 Å². The number of aryl methyl sites for hydroxylation is 1. The van der Waals surface area contributed by atoms with Crippen LogP contribution in [0.2, 0.25) is 0 Å². The Kier molecular flexibility index (Phi) is 4.23. The highest BCUT2D eigenvalue weighted by atomic mass is 16.5. The zero-order valence-corrected chi connectivity index (χ0v) is 11.2. The van der Waals surface area contributed by atoms with Gasteiger partial charge in [0, 0.05) is 18.2 Å². The Morgan fingerprint density at radius 2 is 1.79 bits per heavy atom. The number of benzene rings is 1. The summed E-state index contributed by atoms with van der Waals surface area (Å²) in [7, 11) is 1.64. The summed E-state index contributed by atoms with van der Waals surface area (Å²) in [6.07, 6.45) is 2.47. The van der Waals surface area contributed by atoms with Gasteiger partial charge in [-0.15, -0.1) is 0 Å². The van der Waals surface area contributed by atoms with Gasteiger partial charge in [0.15, 0.2) is 0 Å². The summed E-state index contributed by atoms with van der Waals surface area (Å²) in [6, 6.07) is 9.48. The van der Waals surface area contributed by atoms with Gasteiger partial charge in [-0.2, -0.15) is 0 Å². The maximum Gasteiger partial charge on any atom is 0.126 e. The van der Waals surface area contributed by atoms with Crippen molar-refractivity contribution in [2.24, 2.45) is 0 Å². The van der Waals surface area contributed by atoms with Crippen molar-refractivity contribution in [1.29, 1.82) is 0 Å². The summed E-state index contributed by atoms with van der Waals surface area (Å²) in [5.41, 5.74) is 8.05. The van der Waals surface area contributed by atoms with Crippen LogP contribution in [0.4, 0.5) is 5.82 Å². The zero-order chi connectivity index (χ0) is 13.7. The van der Waals surface area contributed by atoms with Crippen molar-refractivity contribution >= 4 is 5.82 Å². The normalized spacial score (nSPS) is 10.2. The molecule has 0 atom stereocenters. The molecule has 2 N–H and O–H groups in total. The maximum absolute atomic E-state index is 5.86. The lowest BCUT2D eigenvalue weighted by Gasteiger charge is -2.10.